The number of carboxylic acids is 1. The smallest absolute Gasteiger partial charge is 0.326 e. The molecule has 3 atom stereocenters. The normalized spacial score (nSPS) is 26.8. The molecule has 1 N–H and O–H groups in total. The number of hydrogen-bond donors (Lipinski definition) is 2. The van der Waals surface area contributed by atoms with Gasteiger partial charge in [0.05, 0.1) is 0 Å². The van der Waals surface area contributed by atoms with Crippen LogP contribution in [0, 0.1) is 5.92 Å². The summed E-state index contributed by atoms with van der Waals surface area (Å²) in [4.78, 5) is 24.5. The van der Waals surface area contributed by atoms with Crippen LogP contribution in [0.25, 0.3) is 0 Å². The van der Waals surface area contributed by atoms with Gasteiger partial charge in [0.15, 0.2) is 0 Å². The van der Waals surface area contributed by atoms with E-state index in [0.29, 0.717) is 18.7 Å². The number of carbonyl (C=O) groups is 2. The average molecular weight is 263 g/mol. The highest BCUT2D eigenvalue weighted by Crippen LogP contribution is 2.27. The van der Waals surface area contributed by atoms with Crippen molar-refractivity contribution in [2.45, 2.75) is 24.6 Å². The molecule has 4 nitrogen and oxygen atoms in total. The summed E-state index contributed by atoms with van der Waals surface area (Å²) in [5.74, 6) is -0.771. The number of hydrogen-bond acceptors (Lipinski definition) is 4. The van der Waals surface area contributed by atoms with Gasteiger partial charge in [-0.1, -0.05) is 6.92 Å². The minimum atomic E-state index is -0.906. The molecule has 92 valence electrons. The van der Waals surface area contributed by atoms with Crippen molar-refractivity contribution in [3.8, 4) is 0 Å². The Balaban J connectivity index is 2.76. The number of likely N-dealkylation sites (tertiary alicyclic amines) is 1. The molecule has 1 aliphatic heterocycles. The molecule has 0 aromatic rings. The van der Waals surface area contributed by atoms with Crippen LogP contribution in [-0.2, 0) is 9.59 Å². The van der Waals surface area contributed by atoms with Crippen molar-refractivity contribution in [2.24, 2.45) is 5.92 Å². The standard InChI is InChI=1S/C10H17NO3S2/c1-6(5-15)9(12)11-4-7(16-2)3-8(11)10(13)14/h6-8,15H,3-5H2,1-2H3,(H,13,14)/t6?,7-,8+/m1/s1. The molecule has 0 radical (unpaired) electrons. The number of thioether (sulfide) groups is 1. The van der Waals surface area contributed by atoms with Gasteiger partial charge >= 0.3 is 5.97 Å². The van der Waals surface area contributed by atoms with Crippen LogP contribution in [0.1, 0.15) is 13.3 Å². The molecule has 6 heteroatoms. The van der Waals surface area contributed by atoms with Crippen LogP contribution in [0.2, 0.25) is 0 Å². The molecule has 1 saturated heterocycles. The van der Waals surface area contributed by atoms with E-state index in [1.54, 1.807) is 18.7 Å². The first-order valence-corrected chi connectivity index (χ1v) is 7.10. The quantitative estimate of drug-likeness (QED) is 0.742. The summed E-state index contributed by atoms with van der Waals surface area (Å²) < 4.78 is 0. The summed E-state index contributed by atoms with van der Waals surface area (Å²) in [6.07, 6.45) is 2.49. The fourth-order valence-corrected chi connectivity index (χ4v) is 2.65. The first kappa shape index (κ1) is 13.7. The Hall–Kier alpha value is -0.360. The fraction of sp³-hybridized carbons (Fsp3) is 0.800. The Morgan fingerprint density at radius 1 is 1.62 bits per heavy atom. The number of amides is 1. The number of thiol groups is 1. The third-order valence-electron chi connectivity index (χ3n) is 2.86. The largest absolute Gasteiger partial charge is 0.480 e. The van der Waals surface area contributed by atoms with Crippen molar-refractivity contribution < 1.29 is 14.7 Å². The molecule has 0 aromatic carbocycles. The van der Waals surface area contributed by atoms with Gasteiger partial charge in [-0.15, -0.1) is 0 Å². The van der Waals surface area contributed by atoms with Crippen molar-refractivity contribution in [3.63, 3.8) is 0 Å². The van der Waals surface area contributed by atoms with Gasteiger partial charge in [0.2, 0.25) is 5.91 Å². The van der Waals surface area contributed by atoms with Gasteiger partial charge in [-0.2, -0.15) is 24.4 Å². The molecule has 1 heterocycles. The lowest BCUT2D eigenvalue weighted by atomic mass is 10.1. The van der Waals surface area contributed by atoms with Crippen LogP contribution in [0.3, 0.4) is 0 Å². The van der Waals surface area contributed by atoms with E-state index >= 15 is 0 Å². The maximum Gasteiger partial charge on any atom is 0.326 e. The molecule has 1 unspecified atom stereocenters. The van der Waals surface area contributed by atoms with Crippen LogP contribution in [-0.4, -0.2) is 51.7 Å². The molecule has 0 aromatic heterocycles. The molecule has 0 bridgehead atoms. The highest BCUT2D eigenvalue weighted by molar-refractivity contribution is 7.99. The van der Waals surface area contributed by atoms with Gasteiger partial charge in [-0.05, 0) is 12.7 Å². The van der Waals surface area contributed by atoms with Crippen LogP contribution in [0.5, 0.6) is 0 Å². The van der Waals surface area contributed by atoms with E-state index in [2.05, 4.69) is 12.6 Å². The monoisotopic (exact) mass is 263 g/mol. The minimum absolute atomic E-state index is 0.0982. The molecule has 0 aliphatic carbocycles. The predicted octanol–water partition coefficient (Wildman–Crippen LogP) is 0.969. The van der Waals surface area contributed by atoms with E-state index in [1.807, 2.05) is 6.26 Å². The molecule has 0 saturated carbocycles. The van der Waals surface area contributed by atoms with Crippen molar-refractivity contribution in [1.29, 1.82) is 0 Å². The summed E-state index contributed by atoms with van der Waals surface area (Å²) in [7, 11) is 0. The zero-order valence-electron chi connectivity index (χ0n) is 9.42. The molecule has 1 fully saturated rings. The lowest BCUT2D eigenvalue weighted by Gasteiger charge is -2.24. The second-order valence-electron chi connectivity index (χ2n) is 4.02. The highest BCUT2D eigenvalue weighted by atomic mass is 32.2. The van der Waals surface area contributed by atoms with Gasteiger partial charge in [0.1, 0.15) is 6.04 Å². The summed E-state index contributed by atoms with van der Waals surface area (Å²) >= 11 is 5.69. The third-order valence-corrected chi connectivity index (χ3v) is 4.42. The summed E-state index contributed by atoms with van der Waals surface area (Å²) in [6.45, 7) is 2.32. The van der Waals surface area contributed by atoms with E-state index < -0.39 is 12.0 Å². The molecule has 16 heavy (non-hydrogen) atoms. The average Bonchev–Trinajstić information content (AvgIpc) is 2.71. The second-order valence-corrected chi connectivity index (χ2v) is 5.52. The predicted molar refractivity (Wildman–Crippen MR) is 68.1 cm³/mol. The summed E-state index contributed by atoms with van der Waals surface area (Å²) in [5, 5.41) is 9.31. The fourth-order valence-electron chi connectivity index (χ4n) is 1.81. The lowest BCUT2D eigenvalue weighted by Crippen LogP contribution is -2.43. The first-order chi connectivity index (χ1) is 7.51. The van der Waals surface area contributed by atoms with Crippen molar-refractivity contribution in [3.05, 3.63) is 0 Å². The Labute approximate surface area is 105 Å². The van der Waals surface area contributed by atoms with Crippen molar-refractivity contribution in [2.75, 3.05) is 18.6 Å². The van der Waals surface area contributed by atoms with Crippen LogP contribution < -0.4 is 0 Å². The molecular formula is C10H17NO3S2. The number of carboxylic acid groups (broad SMARTS) is 1. The minimum Gasteiger partial charge on any atom is -0.480 e. The highest BCUT2D eigenvalue weighted by Gasteiger charge is 2.40. The first-order valence-electron chi connectivity index (χ1n) is 5.18. The molecule has 1 rings (SSSR count). The Morgan fingerprint density at radius 3 is 2.69 bits per heavy atom. The van der Waals surface area contributed by atoms with Gasteiger partial charge in [0, 0.05) is 23.5 Å². The lowest BCUT2D eigenvalue weighted by molar-refractivity contribution is -0.149. The Kier molecular flexibility index (Phi) is 4.98. The van der Waals surface area contributed by atoms with E-state index in [1.165, 1.54) is 4.90 Å². The Bertz CT molecular complexity index is 285. The molecule has 1 aliphatic rings. The van der Waals surface area contributed by atoms with E-state index in [-0.39, 0.29) is 17.1 Å². The molecule has 0 spiro atoms. The zero-order chi connectivity index (χ0) is 12.3. The molecular weight excluding hydrogens is 246 g/mol. The van der Waals surface area contributed by atoms with Gasteiger partial charge in [-0.25, -0.2) is 4.79 Å². The topological polar surface area (TPSA) is 57.6 Å². The van der Waals surface area contributed by atoms with E-state index in [0.717, 1.165) is 0 Å². The molecule has 1 amide bonds. The van der Waals surface area contributed by atoms with Crippen molar-refractivity contribution in [1.82, 2.24) is 4.90 Å². The summed E-state index contributed by atoms with van der Waals surface area (Å²) in [6, 6.07) is -0.660. The van der Waals surface area contributed by atoms with Crippen LogP contribution in [0.4, 0.5) is 0 Å². The zero-order valence-corrected chi connectivity index (χ0v) is 11.1. The summed E-state index contributed by atoms with van der Waals surface area (Å²) in [5.41, 5.74) is 0. The maximum atomic E-state index is 12.0. The van der Waals surface area contributed by atoms with Crippen LogP contribution >= 0.6 is 24.4 Å². The van der Waals surface area contributed by atoms with Gasteiger partial charge < -0.3 is 10.0 Å². The van der Waals surface area contributed by atoms with Gasteiger partial charge in [0.25, 0.3) is 0 Å². The number of carbonyl (C=O) groups excluding carboxylic acids is 1. The Morgan fingerprint density at radius 2 is 2.25 bits per heavy atom. The second kappa shape index (κ2) is 5.82. The van der Waals surface area contributed by atoms with Gasteiger partial charge in [-0.3, -0.25) is 4.79 Å². The van der Waals surface area contributed by atoms with Crippen LogP contribution in [0.15, 0.2) is 0 Å². The number of aliphatic carboxylic acids is 1. The SMILES string of the molecule is CS[C@@H]1C[C@@H](C(=O)O)N(C(=O)C(C)CS)C1. The number of rotatable bonds is 4. The number of nitrogens with zero attached hydrogens (tertiary/aromatic N) is 1. The third kappa shape index (κ3) is 2.85. The van der Waals surface area contributed by atoms with Crippen molar-refractivity contribution >= 4 is 36.3 Å². The van der Waals surface area contributed by atoms with E-state index in [9.17, 15) is 9.59 Å². The maximum absolute atomic E-state index is 12.0. The van der Waals surface area contributed by atoms with E-state index in [4.69, 9.17) is 5.11 Å².